The molecule has 0 fully saturated rings. The smallest absolute Gasteiger partial charge is 0.0921 e. The Kier molecular flexibility index (Phi) is 4.53. The normalized spacial score (nSPS) is 12.3. The molecule has 0 unspecified atom stereocenters. The Balaban J connectivity index is 2.01. The van der Waals surface area contributed by atoms with Gasteiger partial charge in [0.15, 0.2) is 0 Å². The Morgan fingerprint density at radius 2 is 1.87 bits per heavy atom. The molecule has 0 aliphatic heterocycles. The lowest BCUT2D eigenvalue weighted by Gasteiger charge is -2.19. The molecule has 3 aromatic rings. The second-order valence-electron chi connectivity index (χ2n) is 5.83. The third-order valence-corrected chi connectivity index (χ3v) is 4.36. The number of aliphatic hydroxyl groups excluding tert-OH is 1. The highest BCUT2D eigenvalue weighted by molar-refractivity contribution is 5.40. The van der Waals surface area contributed by atoms with Crippen molar-refractivity contribution in [1.29, 1.82) is 0 Å². The standard InChI is InChI=1S/C19H21N3O/c1-13-5-3-8-17(14(13)2)18(19-10-20-12-21-19)9-15-6-4-7-16(11-23)22-15/h3-8,10,12,18,23H,9,11H2,1-2H3,(H,20,21)/t18-/m0/s1. The summed E-state index contributed by atoms with van der Waals surface area (Å²) in [6.07, 6.45) is 4.35. The molecular formula is C19H21N3O. The maximum absolute atomic E-state index is 9.30. The van der Waals surface area contributed by atoms with Crippen molar-refractivity contribution in [3.05, 3.63) is 82.7 Å². The average molecular weight is 307 g/mol. The van der Waals surface area contributed by atoms with Gasteiger partial charge in [-0.1, -0.05) is 24.3 Å². The third kappa shape index (κ3) is 3.32. The van der Waals surface area contributed by atoms with Crippen molar-refractivity contribution in [2.45, 2.75) is 32.8 Å². The molecule has 4 heteroatoms. The van der Waals surface area contributed by atoms with Gasteiger partial charge in [0.1, 0.15) is 0 Å². The van der Waals surface area contributed by atoms with Gasteiger partial charge in [0, 0.05) is 29.9 Å². The largest absolute Gasteiger partial charge is 0.390 e. The van der Waals surface area contributed by atoms with Crippen molar-refractivity contribution in [2.24, 2.45) is 0 Å². The van der Waals surface area contributed by atoms with Crippen LogP contribution in [0.15, 0.2) is 48.9 Å². The molecule has 0 spiro atoms. The Labute approximate surface area is 136 Å². The first-order chi connectivity index (χ1) is 11.2. The Bertz CT molecular complexity index is 781. The third-order valence-electron chi connectivity index (χ3n) is 4.36. The number of rotatable bonds is 5. The molecule has 3 rings (SSSR count). The van der Waals surface area contributed by atoms with Crippen LogP contribution in [0.1, 0.15) is 39.7 Å². The van der Waals surface area contributed by atoms with Crippen molar-refractivity contribution in [1.82, 2.24) is 15.0 Å². The van der Waals surface area contributed by atoms with Crippen LogP contribution in [0, 0.1) is 13.8 Å². The highest BCUT2D eigenvalue weighted by Gasteiger charge is 2.19. The molecule has 0 radical (unpaired) electrons. The number of H-pyrrole nitrogens is 1. The summed E-state index contributed by atoms with van der Waals surface area (Å²) >= 11 is 0. The number of aliphatic hydroxyl groups is 1. The number of hydrogen-bond donors (Lipinski definition) is 2. The van der Waals surface area contributed by atoms with Gasteiger partial charge in [-0.15, -0.1) is 0 Å². The molecule has 2 aromatic heterocycles. The molecule has 0 saturated carbocycles. The summed E-state index contributed by atoms with van der Waals surface area (Å²) in [6.45, 7) is 4.26. The van der Waals surface area contributed by atoms with Crippen LogP contribution in [0.5, 0.6) is 0 Å². The lowest BCUT2D eigenvalue weighted by Crippen LogP contribution is -2.10. The molecule has 118 valence electrons. The molecule has 1 aromatic carbocycles. The maximum atomic E-state index is 9.30. The van der Waals surface area contributed by atoms with Crippen molar-refractivity contribution in [3.63, 3.8) is 0 Å². The minimum atomic E-state index is -0.0357. The fraction of sp³-hybridized carbons (Fsp3) is 0.263. The molecule has 0 bridgehead atoms. The van der Waals surface area contributed by atoms with Gasteiger partial charge in [0.2, 0.25) is 0 Å². The maximum Gasteiger partial charge on any atom is 0.0921 e. The second-order valence-corrected chi connectivity index (χ2v) is 5.83. The van der Waals surface area contributed by atoms with Gasteiger partial charge in [-0.3, -0.25) is 4.98 Å². The van der Waals surface area contributed by atoms with Crippen LogP contribution in [0.2, 0.25) is 0 Å². The molecule has 0 amide bonds. The van der Waals surface area contributed by atoms with Gasteiger partial charge in [-0.05, 0) is 42.7 Å². The van der Waals surface area contributed by atoms with Gasteiger partial charge < -0.3 is 10.1 Å². The quantitative estimate of drug-likeness (QED) is 0.760. The molecule has 2 heterocycles. The van der Waals surface area contributed by atoms with E-state index in [1.165, 1.54) is 16.7 Å². The van der Waals surface area contributed by atoms with Crippen LogP contribution >= 0.6 is 0 Å². The zero-order valence-corrected chi connectivity index (χ0v) is 13.5. The number of nitrogens with zero attached hydrogens (tertiary/aromatic N) is 2. The summed E-state index contributed by atoms with van der Waals surface area (Å²) in [5, 5.41) is 9.30. The summed E-state index contributed by atoms with van der Waals surface area (Å²) in [5.41, 5.74) is 6.61. The van der Waals surface area contributed by atoms with E-state index >= 15 is 0 Å². The number of aromatic nitrogens is 3. The zero-order chi connectivity index (χ0) is 16.2. The van der Waals surface area contributed by atoms with E-state index in [0.717, 1.165) is 17.8 Å². The summed E-state index contributed by atoms with van der Waals surface area (Å²) in [6, 6.07) is 12.2. The molecule has 0 saturated heterocycles. The first-order valence-electron chi connectivity index (χ1n) is 7.79. The predicted octanol–water partition coefficient (Wildman–Crippen LogP) is 3.29. The van der Waals surface area contributed by atoms with E-state index in [0.29, 0.717) is 5.69 Å². The minimum Gasteiger partial charge on any atom is -0.390 e. The highest BCUT2D eigenvalue weighted by atomic mass is 16.3. The first-order valence-corrected chi connectivity index (χ1v) is 7.79. The molecule has 2 N–H and O–H groups in total. The van der Waals surface area contributed by atoms with Gasteiger partial charge >= 0.3 is 0 Å². The van der Waals surface area contributed by atoms with Crippen LogP contribution in [0.4, 0.5) is 0 Å². The Morgan fingerprint density at radius 3 is 2.61 bits per heavy atom. The van der Waals surface area contributed by atoms with Crippen LogP contribution < -0.4 is 0 Å². The fourth-order valence-electron chi connectivity index (χ4n) is 2.94. The SMILES string of the molecule is Cc1cccc([C@H](Cc2cccc(CO)n2)c2cnc[nH]2)c1C. The number of nitrogens with one attached hydrogen (secondary N) is 1. The molecule has 4 nitrogen and oxygen atoms in total. The van der Waals surface area contributed by atoms with Gasteiger partial charge in [-0.2, -0.15) is 0 Å². The van der Waals surface area contributed by atoms with Gasteiger partial charge in [-0.25, -0.2) is 4.98 Å². The van der Waals surface area contributed by atoms with Crippen molar-refractivity contribution >= 4 is 0 Å². The van der Waals surface area contributed by atoms with Crippen LogP contribution in [-0.4, -0.2) is 20.1 Å². The van der Waals surface area contributed by atoms with E-state index in [1.54, 1.807) is 6.33 Å². The van der Waals surface area contributed by atoms with E-state index < -0.39 is 0 Å². The molecule has 0 aliphatic carbocycles. The lowest BCUT2D eigenvalue weighted by molar-refractivity contribution is 0.276. The molecule has 23 heavy (non-hydrogen) atoms. The predicted molar refractivity (Wildman–Crippen MR) is 90.2 cm³/mol. The first kappa shape index (κ1) is 15.4. The monoisotopic (exact) mass is 307 g/mol. The van der Waals surface area contributed by atoms with Crippen LogP contribution in [-0.2, 0) is 13.0 Å². The van der Waals surface area contributed by atoms with E-state index in [1.807, 2.05) is 24.4 Å². The van der Waals surface area contributed by atoms with Gasteiger partial charge in [0.25, 0.3) is 0 Å². The molecular weight excluding hydrogens is 286 g/mol. The van der Waals surface area contributed by atoms with Crippen molar-refractivity contribution < 1.29 is 5.11 Å². The summed E-state index contributed by atoms with van der Waals surface area (Å²) < 4.78 is 0. The van der Waals surface area contributed by atoms with E-state index in [2.05, 4.69) is 47.0 Å². The van der Waals surface area contributed by atoms with E-state index in [-0.39, 0.29) is 12.5 Å². The number of aromatic amines is 1. The number of pyridine rings is 1. The molecule has 1 atom stereocenters. The van der Waals surface area contributed by atoms with E-state index in [9.17, 15) is 5.11 Å². The van der Waals surface area contributed by atoms with Crippen molar-refractivity contribution in [3.8, 4) is 0 Å². The summed E-state index contributed by atoms with van der Waals surface area (Å²) in [5.74, 6) is 0.166. The topological polar surface area (TPSA) is 61.8 Å². The summed E-state index contributed by atoms with van der Waals surface area (Å²) in [7, 11) is 0. The number of aryl methyl sites for hydroxylation is 1. The number of imidazole rings is 1. The summed E-state index contributed by atoms with van der Waals surface area (Å²) in [4.78, 5) is 12.0. The fourth-order valence-corrected chi connectivity index (χ4v) is 2.94. The number of hydrogen-bond acceptors (Lipinski definition) is 3. The Hall–Kier alpha value is -2.46. The Morgan fingerprint density at radius 1 is 1.09 bits per heavy atom. The lowest BCUT2D eigenvalue weighted by atomic mass is 9.87. The molecule has 0 aliphatic rings. The second kappa shape index (κ2) is 6.75. The number of benzene rings is 1. The highest BCUT2D eigenvalue weighted by Crippen LogP contribution is 2.30. The van der Waals surface area contributed by atoms with Gasteiger partial charge in [0.05, 0.1) is 18.6 Å². The van der Waals surface area contributed by atoms with E-state index in [4.69, 9.17) is 0 Å². The zero-order valence-electron chi connectivity index (χ0n) is 13.5. The van der Waals surface area contributed by atoms with Crippen molar-refractivity contribution in [2.75, 3.05) is 0 Å². The minimum absolute atomic E-state index is 0.0357. The van der Waals surface area contributed by atoms with Crippen LogP contribution in [0.25, 0.3) is 0 Å². The van der Waals surface area contributed by atoms with Crippen LogP contribution in [0.3, 0.4) is 0 Å². The average Bonchev–Trinajstić information content (AvgIpc) is 3.10.